The van der Waals surface area contributed by atoms with Gasteiger partial charge < -0.3 is 5.73 Å². The Bertz CT molecular complexity index is 402. The minimum absolute atomic E-state index is 0.242. The van der Waals surface area contributed by atoms with E-state index in [1.807, 2.05) is 17.9 Å². The van der Waals surface area contributed by atoms with E-state index in [1.54, 1.807) is 0 Å². The van der Waals surface area contributed by atoms with E-state index >= 15 is 0 Å². The molecule has 1 aliphatic carbocycles. The maximum Gasteiger partial charge on any atom is 0.0521 e. The van der Waals surface area contributed by atoms with Crippen LogP contribution >= 0.6 is 0 Å². The van der Waals surface area contributed by atoms with E-state index < -0.39 is 0 Å². The van der Waals surface area contributed by atoms with E-state index in [1.165, 1.54) is 31.2 Å². The van der Waals surface area contributed by atoms with Gasteiger partial charge >= 0.3 is 0 Å². The molecule has 1 unspecified atom stereocenters. The highest BCUT2D eigenvalue weighted by Crippen LogP contribution is 2.38. The van der Waals surface area contributed by atoms with Gasteiger partial charge in [0.05, 0.1) is 6.20 Å². The lowest BCUT2D eigenvalue weighted by Crippen LogP contribution is -2.58. The lowest BCUT2D eigenvalue weighted by atomic mass is 9.83. The molecule has 1 heterocycles. The fourth-order valence-corrected chi connectivity index (χ4v) is 3.95. The fourth-order valence-electron chi connectivity index (χ4n) is 3.95. The summed E-state index contributed by atoms with van der Waals surface area (Å²) in [5.74, 6) is 0. The number of hydrogen-bond acceptors (Lipinski definition) is 3. The number of aromatic nitrogens is 2. The maximum absolute atomic E-state index is 6.65. The van der Waals surface area contributed by atoms with Crippen molar-refractivity contribution in [1.29, 1.82) is 0 Å². The molecule has 114 valence electrons. The maximum atomic E-state index is 6.65. The lowest BCUT2D eigenvalue weighted by molar-refractivity contribution is 0.0743. The zero-order valence-electron chi connectivity index (χ0n) is 13.3. The largest absolute Gasteiger partial charge is 0.326 e. The van der Waals surface area contributed by atoms with Gasteiger partial charge in [-0.2, -0.15) is 5.10 Å². The van der Waals surface area contributed by atoms with Crippen LogP contribution in [0, 0.1) is 0 Å². The second-order valence-corrected chi connectivity index (χ2v) is 6.15. The van der Waals surface area contributed by atoms with Crippen molar-refractivity contribution in [2.45, 2.75) is 64.0 Å². The Kier molecular flexibility index (Phi) is 5.22. The van der Waals surface area contributed by atoms with E-state index in [4.69, 9.17) is 5.73 Å². The van der Waals surface area contributed by atoms with Crippen LogP contribution in [0.3, 0.4) is 0 Å². The summed E-state index contributed by atoms with van der Waals surface area (Å²) in [5, 5.41) is 4.24. The van der Waals surface area contributed by atoms with Gasteiger partial charge in [0.15, 0.2) is 0 Å². The molecule has 0 aliphatic heterocycles. The third-order valence-corrected chi connectivity index (χ3v) is 5.06. The van der Waals surface area contributed by atoms with Crippen molar-refractivity contribution in [2.24, 2.45) is 12.8 Å². The first-order chi connectivity index (χ1) is 9.62. The second-order valence-electron chi connectivity index (χ2n) is 6.15. The quantitative estimate of drug-likeness (QED) is 0.833. The number of likely N-dealkylation sites (N-methyl/N-ethyl adjacent to an activating group) is 1. The normalized spacial score (nSPS) is 19.6. The molecule has 0 bridgehead atoms. The summed E-state index contributed by atoms with van der Waals surface area (Å²) in [7, 11) is 1.97. The summed E-state index contributed by atoms with van der Waals surface area (Å²) in [5.41, 5.74) is 8.20. The standard InChI is InChI=1S/C16H30N4/c1-4-20(5-2)16(10-6-7-11-16)15(17)9-8-14-12-18-19(3)13-14/h12-13,15H,4-11,17H2,1-3H3. The molecule has 20 heavy (non-hydrogen) atoms. The molecule has 1 aromatic heterocycles. The van der Waals surface area contributed by atoms with Crippen LogP contribution in [0.5, 0.6) is 0 Å². The second kappa shape index (κ2) is 6.72. The molecule has 1 atom stereocenters. The summed E-state index contributed by atoms with van der Waals surface area (Å²) in [6.45, 7) is 6.74. The van der Waals surface area contributed by atoms with E-state index in [0.29, 0.717) is 0 Å². The van der Waals surface area contributed by atoms with Gasteiger partial charge in [0.25, 0.3) is 0 Å². The molecule has 0 spiro atoms. The van der Waals surface area contributed by atoms with Crippen molar-refractivity contribution in [1.82, 2.24) is 14.7 Å². The van der Waals surface area contributed by atoms with Crippen LogP contribution in [0.15, 0.2) is 12.4 Å². The molecule has 1 fully saturated rings. The number of hydrogen-bond donors (Lipinski definition) is 1. The van der Waals surface area contributed by atoms with Crippen LogP contribution in [0.2, 0.25) is 0 Å². The van der Waals surface area contributed by atoms with Crippen molar-refractivity contribution >= 4 is 0 Å². The Balaban J connectivity index is 2.01. The smallest absolute Gasteiger partial charge is 0.0521 e. The summed E-state index contributed by atoms with van der Waals surface area (Å²) in [6.07, 6.45) is 11.4. The van der Waals surface area contributed by atoms with Gasteiger partial charge in [-0.3, -0.25) is 9.58 Å². The summed E-state index contributed by atoms with van der Waals surface area (Å²) in [4.78, 5) is 2.61. The van der Waals surface area contributed by atoms with Crippen molar-refractivity contribution in [3.05, 3.63) is 18.0 Å². The van der Waals surface area contributed by atoms with Crippen LogP contribution in [0.4, 0.5) is 0 Å². The molecule has 1 aromatic rings. The first-order valence-corrected chi connectivity index (χ1v) is 8.10. The minimum Gasteiger partial charge on any atom is -0.326 e. The van der Waals surface area contributed by atoms with Gasteiger partial charge in [0, 0.05) is 24.8 Å². The SMILES string of the molecule is CCN(CC)C1(C(N)CCc2cnn(C)c2)CCCC1. The molecular formula is C16H30N4. The predicted molar refractivity (Wildman–Crippen MR) is 83.6 cm³/mol. The molecule has 0 amide bonds. The van der Waals surface area contributed by atoms with Crippen molar-refractivity contribution in [2.75, 3.05) is 13.1 Å². The summed E-state index contributed by atoms with van der Waals surface area (Å²) < 4.78 is 1.87. The Morgan fingerprint density at radius 2 is 2.00 bits per heavy atom. The monoisotopic (exact) mass is 278 g/mol. The average Bonchev–Trinajstić information content (AvgIpc) is 3.08. The fraction of sp³-hybridized carbons (Fsp3) is 0.812. The van der Waals surface area contributed by atoms with Crippen LogP contribution in [-0.4, -0.2) is 39.4 Å². The van der Waals surface area contributed by atoms with E-state index in [-0.39, 0.29) is 11.6 Å². The van der Waals surface area contributed by atoms with Crippen molar-refractivity contribution in [3.63, 3.8) is 0 Å². The van der Waals surface area contributed by atoms with Crippen molar-refractivity contribution in [3.8, 4) is 0 Å². The number of rotatable bonds is 7. The Hall–Kier alpha value is -0.870. The molecule has 0 radical (unpaired) electrons. The molecule has 1 saturated carbocycles. The number of aryl methyl sites for hydroxylation is 2. The highest BCUT2D eigenvalue weighted by Gasteiger charge is 2.42. The van der Waals surface area contributed by atoms with Gasteiger partial charge in [0.1, 0.15) is 0 Å². The molecule has 0 saturated heterocycles. The first kappa shape index (κ1) is 15.5. The lowest BCUT2D eigenvalue weighted by Gasteiger charge is -2.45. The highest BCUT2D eigenvalue weighted by atomic mass is 15.2. The van der Waals surface area contributed by atoms with E-state index in [2.05, 4.69) is 30.0 Å². The van der Waals surface area contributed by atoms with Gasteiger partial charge in [-0.1, -0.05) is 26.7 Å². The third-order valence-electron chi connectivity index (χ3n) is 5.06. The Morgan fingerprint density at radius 3 is 2.50 bits per heavy atom. The third kappa shape index (κ3) is 3.07. The number of nitrogens with two attached hydrogens (primary N) is 1. The van der Waals surface area contributed by atoms with Gasteiger partial charge in [-0.15, -0.1) is 0 Å². The van der Waals surface area contributed by atoms with E-state index in [0.717, 1.165) is 25.9 Å². The first-order valence-electron chi connectivity index (χ1n) is 8.10. The molecule has 4 heteroatoms. The summed E-state index contributed by atoms with van der Waals surface area (Å²) >= 11 is 0. The van der Waals surface area contributed by atoms with Crippen LogP contribution in [0.25, 0.3) is 0 Å². The van der Waals surface area contributed by atoms with Gasteiger partial charge in [-0.25, -0.2) is 0 Å². The Labute approximate surface area is 123 Å². The molecule has 4 nitrogen and oxygen atoms in total. The average molecular weight is 278 g/mol. The summed E-state index contributed by atoms with van der Waals surface area (Å²) in [6, 6.07) is 0.269. The molecule has 1 aliphatic rings. The van der Waals surface area contributed by atoms with Crippen molar-refractivity contribution < 1.29 is 0 Å². The van der Waals surface area contributed by atoms with Gasteiger partial charge in [0.2, 0.25) is 0 Å². The predicted octanol–water partition coefficient (Wildman–Crippen LogP) is 2.33. The highest BCUT2D eigenvalue weighted by molar-refractivity contribution is 5.07. The molecule has 2 N–H and O–H groups in total. The molecular weight excluding hydrogens is 248 g/mol. The topological polar surface area (TPSA) is 47.1 Å². The van der Waals surface area contributed by atoms with Crippen LogP contribution in [-0.2, 0) is 13.5 Å². The Morgan fingerprint density at radius 1 is 1.35 bits per heavy atom. The molecule has 0 aromatic carbocycles. The van der Waals surface area contributed by atoms with E-state index in [9.17, 15) is 0 Å². The van der Waals surface area contributed by atoms with Gasteiger partial charge in [-0.05, 0) is 44.3 Å². The van der Waals surface area contributed by atoms with Crippen LogP contribution in [0.1, 0.15) is 51.5 Å². The molecule has 2 rings (SSSR count). The zero-order chi connectivity index (χ0) is 14.6. The van der Waals surface area contributed by atoms with Crippen LogP contribution < -0.4 is 5.73 Å². The number of nitrogens with zero attached hydrogens (tertiary/aromatic N) is 3. The minimum atomic E-state index is 0.242. The zero-order valence-corrected chi connectivity index (χ0v) is 13.3.